The number of H-pyrrole nitrogens is 1. The molecule has 10 nitrogen and oxygen atoms in total. The van der Waals surface area contributed by atoms with Crippen LogP contribution in [0.15, 0.2) is 30.9 Å². The lowest BCUT2D eigenvalue weighted by atomic mass is 9.90. The number of hydrogen-bond donors (Lipinski definition) is 2. The van der Waals surface area contributed by atoms with Crippen LogP contribution in [0.4, 0.5) is 5.95 Å². The number of ether oxygens (including phenoxy) is 3. The lowest BCUT2D eigenvalue weighted by molar-refractivity contribution is -0.177. The third-order valence-electron chi connectivity index (χ3n) is 6.19. The fraction of sp³-hybridized carbons (Fsp3) is 0.429. The number of nitrogens with zero attached hydrogens (tertiary/aromatic N) is 5. The molecule has 0 radical (unpaired) electrons. The van der Waals surface area contributed by atoms with Crippen molar-refractivity contribution in [1.82, 2.24) is 29.5 Å². The second-order valence-electron chi connectivity index (χ2n) is 8.02. The van der Waals surface area contributed by atoms with Crippen molar-refractivity contribution in [2.75, 3.05) is 25.6 Å². The van der Waals surface area contributed by atoms with Crippen LogP contribution < -0.4 is 10.1 Å². The molecule has 4 aromatic rings. The number of methoxy groups -OCH3 is 1. The fourth-order valence-electron chi connectivity index (χ4n) is 4.60. The molecule has 0 aromatic carbocycles. The molecule has 1 spiro atoms. The summed E-state index contributed by atoms with van der Waals surface area (Å²) in [6, 6.07) is 4.20. The Hall–Kier alpha value is -3.24. The zero-order valence-electron chi connectivity index (χ0n) is 17.2. The predicted octanol–water partition coefficient (Wildman–Crippen LogP) is 2.77. The van der Waals surface area contributed by atoms with Crippen LogP contribution in [0.5, 0.6) is 5.88 Å². The first-order valence-electron chi connectivity index (χ1n) is 10.5. The van der Waals surface area contributed by atoms with Gasteiger partial charge in [0.15, 0.2) is 11.4 Å². The number of rotatable bonds is 4. The van der Waals surface area contributed by atoms with Gasteiger partial charge in [-0.3, -0.25) is 4.40 Å². The molecule has 1 saturated carbocycles. The van der Waals surface area contributed by atoms with E-state index in [1.54, 1.807) is 13.4 Å². The van der Waals surface area contributed by atoms with Crippen molar-refractivity contribution < 1.29 is 14.2 Å². The van der Waals surface area contributed by atoms with Gasteiger partial charge in [0.05, 0.1) is 25.7 Å². The zero-order valence-corrected chi connectivity index (χ0v) is 17.2. The summed E-state index contributed by atoms with van der Waals surface area (Å²) in [5, 5.41) is 12.3. The summed E-state index contributed by atoms with van der Waals surface area (Å²) in [6.45, 7) is 1.38. The van der Waals surface area contributed by atoms with Gasteiger partial charge in [0, 0.05) is 42.4 Å². The van der Waals surface area contributed by atoms with E-state index in [1.807, 2.05) is 28.9 Å². The van der Waals surface area contributed by atoms with Gasteiger partial charge in [-0.2, -0.15) is 9.97 Å². The summed E-state index contributed by atoms with van der Waals surface area (Å²) in [5.41, 5.74) is 3.48. The molecule has 1 aliphatic heterocycles. The number of aromatic amines is 1. The Morgan fingerprint density at radius 1 is 1.19 bits per heavy atom. The number of anilines is 1. The standard InChI is InChI=1S/C21H23N7O3/c1-29-19-17-15(13-2-3-16-27-23-12-28(16)11-13)10-22-18(17)25-20(26-19)24-14-4-6-21(7-5-14)30-8-9-31-21/h2-3,10-12,14H,4-9H2,1H3,(H2,22,24,25,26). The molecule has 5 heterocycles. The highest BCUT2D eigenvalue weighted by Gasteiger charge is 2.40. The summed E-state index contributed by atoms with van der Waals surface area (Å²) in [5.74, 6) is 0.713. The minimum Gasteiger partial charge on any atom is -0.480 e. The van der Waals surface area contributed by atoms with Gasteiger partial charge in [-0.15, -0.1) is 10.2 Å². The average Bonchev–Trinajstić information content (AvgIpc) is 3.54. The Kier molecular flexibility index (Phi) is 4.29. The number of nitrogens with one attached hydrogen (secondary N) is 2. The molecular formula is C21H23N7O3. The van der Waals surface area contributed by atoms with Crippen LogP contribution in [0.1, 0.15) is 25.7 Å². The molecule has 0 atom stereocenters. The van der Waals surface area contributed by atoms with Crippen molar-refractivity contribution in [1.29, 1.82) is 0 Å². The SMILES string of the molecule is COc1nc(NC2CCC3(CC2)OCCO3)nc2[nH]cc(-c3ccc4nncn4c3)c12. The second kappa shape index (κ2) is 7.17. The van der Waals surface area contributed by atoms with E-state index >= 15 is 0 Å². The summed E-state index contributed by atoms with van der Waals surface area (Å²) in [7, 11) is 1.63. The molecule has 0 amide bonds. The van der Waals surface area contributed by atoms with Crippen molar-refractivity contribution >= 4 is 22.6 Å². The van der Waals surface area contributed by atoms with Gasteiger partial charge in [0.2, 0.25) is 11.8 Å². The Labute approximate surface area is 178 Å². The van der Waals surface area contributed by atoms with Crippen LogP contribution in [0.25, 0.3) is 27.8 Å². The first-order valence-corrected chi connectivity index (χ1v) is 10.5. The average molecular weight is 421 g/mol. The molecular weight excluding hydrogens is 398 g/mol. The van der Waals surface area contributed by atoms with E-state index < -0.39 is 0 Å². The summed E-state index contributed by atoms with van der Waals surface area (Å²) < 4.78 is 19.2. The Morgan fingerprint density at radius 3 is 2.84 bits per heavy atom. The van der Waals surface area contributed by atoms with E-state index in [-0.39, 0.29) is 11.8 Å². The smallest absolute Gasteiger partial charge is 0.228 e. The fourth-order valence-corrected chi connectivity index (χ4v) is 4.60. The van der Waals surface area contributed by atoms with E-state index in [9.17, 15) is 0 Å². The molecule has 4 aromatic heterocycles. The van der Waals surface area contributed by atoms with Crippen molar-refractivity contribution in [2.24, 2.45) is 0 Å². The van der Waals surface area contributed by atoms with E-state index in [0.29, 0.717) is 25.0 Å². The first-order chi connectivity index (χ1) is 15.2. The maximum Gasteiger partial charge on any atom is 0.228 e. The van der Waals surface area contributed by atoms with Gasteiger partial charge in [0.1, 0.15) is 12.0 Å². The van der Waals surface area contributed by atoms with Gasteiger partial charge < -0.3 is 24.5 Å². The molecule has 2 fully saturated rings. The highest BCUT2D eigenvalue weighted by molar-refractivity contribution is 5.97. The number of fused-ring (bicyclic) bond motifs is 2. The number of pyridine rings is 1. The van der Waals surface area contributed by atoms with Crippen LogP contribution in [0.2, 0.25) is 0 Å². The maximum absolute atomic E-state index is 5.82. The quantitative estimate of drug-likeness (QED) is 0.517. The third-order valence-corrected chi connectivity index (χ3v) is 6.19. The Morgan fingerprint density at radius 2 is 2.03 bits per heavy atom. The van der Waals surface area contributed by atoms with Crippen LogP contribution in [-0.4, -0.2) is 61.7 Å². The van der Waals surface area contributed by atoms with Crippen LogP contribution in [0, 0.1) is 0 Å². The lowest BCUT2D eigenvalue weighted by Gasteiger charge is -2.35. The predicted molar refractivity (Wildman–Crippen MR) is 113 cm³/mol. The summed E-state index contributed by atoms with van der Waals surface area (Å²) in [4.78, 5) is 12.6. The molecule has 2 aliphatic rings. The third kappa shape index (κ3) is 3.19. The van der Waals surface area contributed by atoms with Gasteiger partial charge >= 0.3 is 0 Å². The summed E-state index contributed by atoms with van der Waals surface area (Å²) in [6.07, 6.45) is 9.23. The van der Waals surface area contributed by atoms with Gasteiger partial charge in [-0.1, -0.05) is 0 Å². The van der Waals surface area contributed by atoms with Gasteiger partial charge in [-0.05, 0) is 25.0 Å². The second-order valence-corrected chi connectivity index (χ2v) is 8.02. The van der Waals surface area contributed by atoms with Crippen LogP contribution >= 0.6 is 0 Å². The van der Waals surface area contributed by atoms with Crippen molar-refractivity contribution in [3.63, 3.8) is 0 Å². The maximum atomic E-state index is 5.82. The van der Waals surface area contributed by atoms with Gasteiger partial charge in [-0.25, -0.2) is 0 Å². The topological polar surface area (TPSA) is 111 Å². The highest BCUT2D eigenvalue weighted by atomic mass is 16.7. The summed E-state index contributed by atoms with van der Waals surface area (Å²) >= 11 is 0. The zero-order chi connectivity index (χ0) is 20.8. The van der Waals surface area contributed by atoms with E-state index in [0.717, 1.165) is 53.5 Å². The first kappa shape index (κ1) is 18.5. The molecule has 160 valence electrons. The monoisotopic (exact) mass is 421 g/mol. The van der Waals surface area contributed by atoms with Gasteiger partial charge in [0.25, 0.3) is 0 Å². The van der Waals surface area contributed by atoms with E-state index in [4.69, 9.17) is 19.2 Å². The molecule has 10 heteroatoms. The van der Waals surface area contributed by atoms with Crippen molar-refractivity contribution in [3.8, 4) is 17.0 Å². The number of aromatic nitrogens is 6. The molecule has 0 unspecified atom stereocenters. The molecule has 1 aliphatic carbocycles. The normalized spacial score (nSPS) is 18.9. The van der Waals surface area contributed by atoms with Crippen LogP contribution in [-0.2, 0) is 9.47 Å². The molecule has 2 N–H and O–H groups in total. The molecule has 0 bridgehead atoms. The minimum atomic E-state index is -0.374. The minimum absolute atomic E-state index is 0.270. The van der Waals surface area contributed by atoms with E-state index in [2.05, 4.69) is 25.5 Å². The lowest BCUT2D eigenvalue weighted by Crippen LogP contribution is -2.39. The van der Waals surface area contributed by atoms with Crippen LogP contribution in [0.3, 0.4) is 0 Å². The molecule has 6 rings (SSSR count). The number of hydrogen-bond acceptors (Lipinski definition) is 8. The Balaban J connectivity index is 1.29. The van der Waals surface area contributed by atoms with Crippen molar-refractivity contribution in [3.05, 3.63) is 30.9 Å². The van der Waals surface area contributed by atoms with E-state index in [1.165, 1.54) is 0 Å². The highest BCUT2D eigenvalue weighted by Crippen LogP contribution is 2.38. The Bertz CT molecular complexity index is 1230. The molecule has 31 heavy (non-hydrogen) atoms. The largest absolute Gasteiger partial charge is 0.480 e. The molecule has 1 saturated heterocycles. The van der Waals surface area contributed by atoms with Crippen molar-refractivity contribution in [2.45, 2.75) is 37.5 Å².